The third kappa shape index (κ3) is 4.64. The van der Waals surface area contributed by atoms with Crippen LogP contribution in [0.3, 0.4) is 0 Å². The minimum Gasteiger partial charge on any atom is -0.483 e. The summed E-state index contributed by atoms with van der Waals surface area (Å²) in [6.07, 6.45) is 1.23. The van der Waals surface area contributed by atoms with E-state index in [-0.39, 0.29) is 12.3 Å². The summed E-state index contributed by atoms with van der Waals surface area (Å²) in [5.74, 6) is 0.170. The Morgan fingerprint density at radius 3 is 2.75 bits per heavy atom. The molecule has 0 aromatic heterocycles. The number of benzene rings is 2. The van der Waals surface area contributed by atoms with Gasteiger partial charge in [0.2, 0.25) is 0 Å². The number of carbonyl (C=O) groups excluding carboxylic acids is 1. The first-order chi connectivity index (χ1) is 11.5. The quantitative estimate of drug-likeness (QED) is 0.501. The molecule has 0 aliphatic carbocycles. The molecule has 0 saturated carbocycles. The largest absolute Gasteiger partial charge is 0.483 e. The molecule has 2 rings (SSSR count). The number of para-hydroxylation sites is 1. The molecule has 0 atom stereocenters. The molecule has 7 heteroatoms. The number of nitro groups is 1. The van der Waals surface area contributed by atoms with E-state index in [0.29, 0.717) is 11.3 Å². The average Bonchev–Trinajstić information content (AvgIpc) is 2.54. The molecule has 0 aliphatic heterocycles. The Bertz CT molecular complexity index is 787. The zero-order valence-corrected chi connectivity index (χ0v) is 13.4. The number of amides is 1. The zero-order chi connectivity index (χ0) is 17.5. The van der Waals surface area contributed by atoms with Crippen LogP contribution in [0.2, 0.25) is 0 Å². The van der Waals surface area contributed by atoms with Gasteiger partial charge >= 0.3 is 0 Å². The summed E-state index contributed by atoms with van der Waals surface area (Å²) >= 11 is 0. The topological polar surface area (TPSA) is 93.8 Å². The Balaban J connectivity index is 1.90. The minimum atomic E-state index is -0.507. The van der Waals surface area contributed by atoms with Crippen LogP contribution >= 0.6 is 0 Å². The lowest BCUT2D eigenvalue weighted by Crippen LogP contribution is -2.24. The third-order valence-corrected chi connectivity index (χ3v) is 3.22. The standard InChI is InChI=1S/C17H17N3O4/c1-12-7-8-16(13(2)9-12)24-11-17(21)19-18-10-14-5-3-4-6-15(14)20(22)23/h3-10H,11H2,1-2H3,(H,19,21)/b18-10+. The highest BCUT2D eigenvalue weighted by Crippen LogP contribution is 2.18. The predicted molar refractivity (Wildman–Crippen MR) is 90.2 cm³/mol. The lowest BCUT2D eigenvalue weighted by molar-refractivity contribution is -0.385. The molecular formula is C17H17N3O4. The molecule has 0 saturated heterocycles. The summed E-state index contributed by atoms with van der Waals surface area (Å²) in [5, 5.41) is 14.6. The van der Waals surface area contributed by atoms with E-state index < -0.39 is 10.8 Å². The van der Waals surface area contributed by atoms with Crippen LogP contribution in [-0.4, -0.2) is 23.7 Å². The Kier molecular flexibility index (Phi) is 5.62. The van der Waals surface area contributed by atoms with Gasteiger partial charge in [-0.15, -0.1) is 0 Å². The van der Waals surface area contributed by atoms with Crippen LogP contribution in [0.5, 0.6) is 5.75 Å². The van der Waals surface area contributed by atoms with Crippen molar-refractivity contribution < 1.29 is 14.5 Å². The highest BCUT2D eigenvalue weighted by atomic mass is 16.6. The molecule has 2 aromatic carbocycles. The van der Waals surface area contributed by atoms with Gasteiger partial charge in [0.05, 0.1) is 16.7 Å². The second-order valence-electron chi connectivity index (χ2n) is 5.17. The van der Waals surface area contributed by atoms with Crippen molar-refractivity contribution in [3.8, 4) is 5.75 Å². The number of carbonyl (C=O) groups is 1. The van der Waals surface area contributed by atoms with E-state index in [4.69, 9.17) is 4.74 Å². The zero-order valence-electron chi connectivity index (χ0n) is 13.4. The fraction of sp³-hybridized carbons (Fsp3) is 0.176. The number of hydrogen-bond donors (Lipinski definition) is 1. The molecule has 0 fully saturated rings. The van der Waals surface area contributed by atoms with Crippen LogP contribution in [0.25, 0.3) is 0 Å². The number of ether oxygens (including phenoxy) is 1. The van der Waals surface area contributed by atoms with E-state index in [0.717, 1.165) is 11.1 Å². The van der Waals surface area contributed by atoms with E-state index in [1.165, 1.54) is 12.3 Å². The molecule has 124 valence electrons. The maximum atomic E-state index is 11.7. The number of nitro benzene ring substituents is 1. The molecular weight excluding hydrogens is 310 g/mol. The molecule has 24 heavy (non-hydrogen) atoms. The van der Waals surface area contributed by atoms with Gasteiger partial charge in [0, 0.05) is 6.07 Å². The van der Waals surface area contributed by atoms with Gasteiger partial charge in [-0.1, -0.05) is 29.8 Å². The van der Waals surface area contributed by atoms with Gasteiger partial charge in [-0.25, -0.2) is 5.43 Å². The van der Waals surface area contributed by atoms with Crippen molar-refractivity contribution in [3.63, 3.8) is 0 Å². The van der Waals surface area contributed by atoms with Crippen LogP contribution in [0, 0.1) is 24.0 Å². The first-order valence-electron chi connectivity index (χ1n) is 7.23. The molecule has 1 N–H and O–H groups in total. The molecule has 2 aromatic rings. The second-order valence-corrected chi connectivity index (χ2v) is 5.17. The van der Waals surface area contributed by atoms with E-state index in [1.54, 1.807) is 24.3 Å². The van der Waals surface area contributed by atoms with Gasteiger partial charge < -0.3 is 4.74 Å². The van der Waals surface area contributed by atoms with Crippen LogP contribution in [0.4, 0.5) is 5.69 Å². The smallest absolute Gasteiger partial charge is 0.278 e. The number of rotatable bonds is 6. The highest BCUT2D eigenvalue weighted by molar-refractivity contribution is 5.86. The van der Waals surface area contributed by atoms with Gasteiger partial charge in [0.15, 0.2) is 6.61 Å². The Morgan fingerprint density at radius 1 is 1.29 bits per heavy atom. The van der Waals surface area contributed by atoms with E-state index >= 15 is 0 Å². The summed E-state index contributed by atoms with van der Waals surface area (Å²) in [7, 11) is 0. The molecule has 0 bridgehead atoms. The number of hydrogen-bond acceptors (Lipinski definition) is 5. The van der Waals surface area contributed by atoms with Crippen molar-refractivity contribution in [2.45, 2.75) is 13.8 Å². The SMILES string of the molecule is Cc1ccc(OCC(=O)N/N=C/c2ccccc2[N+](=O)[O-])c(C)c1. The summed E-state index contributed by atoms with van der Waals surface area (Å²) in [4.78, 5) is 22.1. The first kappa shape index (κ1) is 17.1. The maximum absolute atomic E-state index is 11.7. The monoisotopic (exact) mass is 327 g/mol. The molecule has 0 unspecified atom stereocenters. The lowest BCUT2D eigenvalue weighted by Gasteiger charge is -2.08. The fourth-order valence-electron chi connectivity index (χ4n) is 2.07. The Morgan fingerprint density at radius 2 is 2.04 bits per heavy atom. The number of hydrazone groups is 1. The van der Waals surface area contributed by atoms with E-state index in [1.807, 2.05) is 26.0 Å². The van der Waals surface area contributed by atoms with E-state index in [2.05, 4.69) is 10.5 Å². The van der Waals surface area contributed by atoms with Gasteiger partial charge in [0.1, 0.15) is 5.75 Å². The predicted octanol–water partition coefficient (Wildman–Crippen LogP) is 2.74. The number of nitrogens with zero attached hydrogens (tertiary/aromatic N) is 2. The van der Waals surface area contributed by atoms with Crippen LogP contribution < -0.4 is 10.2 Å². The fourth-order valence-corrected chi connectivity index (χ4v) is 2.07. The first-order valence-corrected chi connectivity index (χ1v) is 7.23. The van der Waals surface area contributed by atoms with Gasteiger partial charge in [-0.3, -0.25) is 14.9 Å². The van der Waals surface area contributed by atoms with Gasteiger partial charge in [0.25, 0.3) is 11.6 Å². The van der Waals surface area contributed by atoms with Crippen molar-refractivity contribution in [1.29, 1.82) is 0 Å². The normalized spacial score (nSPS) is 10.6. The molecule has 0 spiro atoms. The maximum Gasteiger partial charge on any atom is 0.278 e. The van der Waals surface area contributed by atoms with Crippen molar-refractivity contribution in [1.82, 2.24) is 5.43 Å². The summed E-state index contributed by atoms with van der Waals surface area (Å²) in [6.45, 7) is 3.67. The number of nitrogens with one attached hydrogen (secondary N) is 1. The van der Waals surface area contributed by atoms with Gasteiger partial charge in [-0.05, 0) is 31.5 Å². The number of aryl methyl sites for hydroxylation is 2. The van der Waals surface area contributed by atoms with Crippen molar-refractivity contribution in [2.75, 3.05) is 6.61 Å². The summed E-state index contributed by atoms with van der Waals surface area (Å²) in [6, 6.07) is 11.8. The lowest BCUT2D eigenvalue weighted by atomic mass is 10.1. The van der Waals surface area contributed by atoms with Crippen LogP contribution in [0.1, 0.15) is 16.7 Å². The minimum absolute atomic E-state index is 0.0815. The summed E-state index contributed by atoms with van der Waals surface area (Å²) < 4.78 is 5.42. The molecule has 0 radical (unpaired) electrons. The molecule has 7 nitrogen and oxygen atoms in total. The van der Waals surface area contributed by atoms with Crippen molar-refractivity contribution in [3.05, 3.63) is 69.3 Å². The molecule has 1 amide bonds. The Hall–Kier alpha value is -3.22. The molecule has 0 heterocycles. The molecule has 0 aliphatic rings. The van der Waals surface area contributed by atoms with Gasteiger partial charge in [-0.2, -0.15) is 5.10 Å². The van der Waals surface area contributed by atoms with Crippen LogP contribution in [0.15, 0.2) is 47.6 Å². The Labute approximate surface area is 139 Å². The second kappa shape index (κ2) is 7.87. The average molecular weight is 327 g/mol. The van der Waals surface area contributed by atoms with Crippen molar-refractivity contribution in [2.24, 2.45) is 5.10 Å². The van der Waals surface area contributed by atoms with Crippen LogP contribution in [-0.2, 0) is 4.79 Å². The van der Waals surface area contributed by atoms with E-state index in [9.17, 15) is 14.9 Å². The summed E-state index contributed by atoms with van der Waals surface area (Å²) in [5.41, 5.74) is 4.55. The van der Waals surface area contributed by atoms with Crippen molar-refractivity contribution >= 4 is 17.8 Å². The highest BCUT2D eigenvalue weighted by Gasteiger charge is 2.10. The third-order valence-electron chi connectivity index (χ3n) is 3.22.